The molecule has 0 aromatic carbocycles. The third-order valence-corrected chi connectivity index (χ3v) is 2.75. The number of thiophene rings is 1. The minimum Gasteiger partial charge on any atom is -0.387 e. The number of nitrogens with one attached hydrogen (secondary N) is 1. The zero-order chi connectivity index (χ0) is 8.55. The van der Waals surface area contributed by atoms with Crippen molar-refractivity contribution in [3.05, 3.63) is 23.2 Å². The second kappa shape index (κ2) is 2.75. The first-order valence-corrected chi connectivity index (χ1v) is 4.72. The van der Waals surface area contributed by atoms with E-state index in [1.165, 1.54) is 10.4 Å². The van der Waals surface area contributed by atoms with Crippen molar-refractivity contribution in [3.63, 3.8) is 0 Å². The van der Waals surface area contributed by atoms with E-state index in [0.717, 1.165) is 11.2 Å². The molecular formula is C9H10N2S. The summed E-state index contributed by atoms with van der Waals surface area (Å²) >= 11 is 1.72. The van der Waals surface area contributed by atoms with Crippen molar-refractivity contribution in [2.75, 3.05) is 12.4 Å². The van der Waals surface area contributed by atoms with Gasteiger partial charge in [-0.15, -0.1) is 11.3 Å². The summed E-state index contributed by atoms with van der Waals surface area (Å²) in [7, 11) is 1.94. The van der Waals surface area contributed by atoms with Crippen LogP contribution in [0, 0.1) is 6.92 Å². The van der Waals surface area contributed by atoms with E-state index < -0.39 is 0 Å². The molecule has 0 saturated carbocycles. The van der Waals surface area contributed by atoms with Crippen LogP contribution in [0.1, 0.15) is 5.69 Å². The maximum atomic E-state index is 4.41. The largest absolute Gasteiger partial charge is 0.387 e. The van der Waals surface area contributed by atoms with Crippen molar-refractivity contribution >= 4 is 27.2 Å². The molecule has 2 aromatic heterocycles. The predicted octanol–water partition coefficient (Wildman–Crippen LogP) is 2.65. The van der Waals surface area contributed by atoms with Gasteiger partial charge in [0, 0.05) is 12.7 Å². The van der Waals surface area contributed by atoms with E-state index >= 15 is 0 Å². The van der Waals surface area contributed by atoms with Crippen molar-refractivity contribution in [2.45, 2.75) is 6.92 Å². The molecule has 0 spiro atoms. The molecule has 0 aliphatic heterocycles. The first kappa shape index (κ1) is 7.55. The van der Waals surface area contributed by atoms with Crippen LogP contribution in [-0.2, 0) is 0 Å². The smallest absolute Gasteiger partial charge is 0.0833 e. The molecule has 62 valence electrons. The van der Waals surface area contributed by atoms with Crippen LogP contribution in [0.25, 0.3) is 10.2 Å². The highest BCUT2D eigenvalue weighted by Gasteiger charge is 2.02. The molecule has 0 saturated heterocycles. The fourth-order valence-electron chi connectivity index (χ4n) is 1.27. The van der Waals surface area contributed by atoms with Gasteiger partial charge in [0.05, 0.1) is 15.9 Å². The topological polar surface area (TPSA) is 24.9 Å². The number of fused-ring (bicyclic) bond motifs is 1. The van der Waals surface area contributed by atoms with Crippen molar-refractivity contribution < 1.29 is 0 Å². The number of rotatable bonds is 1. The number of aryl methyl sites for hydroxylation is 1. The molecule has 2 rings (SSSR count). The summed E-state index contributed by atoms with van der Waals surface area (Å²) in [6.07, 6.45) is 0. The summed E-state index contributed by atoms with van der Waals surface area (Å²) in [4.78, 5) is 4.41. The maximum absolute atomic E-state index is 4.41. The Morgan fingerprint density at radius 2 is 2.33 bits per heavy atom. The zero-order valence-corrected chi connectivity index (χ0v) is 7.90. The Bertz CT molecular complexity index is 406. The number of hydrogen-bond acceptors (Lipinski definition) is 3. The number of hydrogen-bond donors (Lipinski definition) is 1. The lowest BCUT2D eigenvalue weighted by molar-refractivity contribution is 1.26. The van der Waals surface area contributed by atoms with Gasteiger partial charge in [-0.3, -0.25) is 4.98 Å². The molecule has 1 N–H and O–H groups in total. The second-order valence-corrected chi connectivity index (χ2v) is 3.61. The van der Waals surface area contributed by atoms with E-state index in [4.69, 9.17) is 0 Å². The zero-order valence-electron chi connectivity index (χ0n) is 7.09. The Morgan fingerprint density at radius 3 is 3.08 bits per heavy atom. The van der Waals surface area contributed by atoms with Crippen LogP contribution in [-0.4, -0.2) is 12.0 Å². The highest BCUT2D eigenvalue weighted by molar-refractivity contribution is 7.17. The van der Waals surface area contributed by atoms with E-state index in [1.54, 1.807) is 11.3 Å². The Labute approximate surface area is 75.3 Å². The van der Waals surface area contributed by atoms with Gasteiger partial charge in [-0.1, -0.05) is 0 Å². The first-order chi connectivity index (χ1) is 5.81. The minimum atomic E-state index is 1.06. The van der Waals surface area contributed by atoms with Crippen LogP contribution in [0.5, 0.6) is 0 Å². The van der Waals surface area contributed by atoms with Gasteiger partial charge in [0.15, 0.2) is 0 Å². The van der Waals surface area contributed by atoms with Crippen LogP contribution >= 0.6 is 11.3 Å². The van der Waals surface area contributed by atoms with E-state index in [9.17, 15) is 0 Å². The van der Waals surface area contributed by atoms with E-state index in [1.807, 2.05) is 20.0 Å². The molecule has 12 heavy (non-hydrogen) atoms. The molecule has 0 atom stereocenters. The Hall–Kier alpha value is -1.09. The Morgan fingerprint density at radius 1 is 1.50 bits per heavy atom. The number of nitrogens with zero attached hydrogens (tertiary/aromatic N) is 1. The summed E-state index contributed by atoms with van der Waals surface area (Å²) in [5, 5.41) is 5.23. The Balaban J connectivity index is 2.80. The summed E-state index contributed by atoms with van der Waals surface area (Å²) in [5.41, 5.74) is 3.32. The summed E-state index contributed by atoms with van der Waals surface area (Å²) in [6, 6.07) is 4.12. The fraction of sp³-hybridized carbons (Fsp3) is 0.222. The predicted molar refractivity (Wildman–Crippen MR) is 53.9 cm³/mol. The van der Waals surface area contributed by atoms with Crippen molar-refractivity contribution in [1.29, 1.82) is 0 Å². The monoisotopic (exact) mass is 178 g/mol. The molecule has 3 heteroatoms. The van der Waals surface area contributed by atoms with Gasteiger partial charge in [0.25, 0.3) is 0 Å². The summed E-state index contributed by atoms with van der Waals surface area (Å²) < 4.78 is 1.24. The van der Waals surface area contributed by atoms with Crippen LogP contribution < -0.4 is 5.32 Å². The van der Waals surface area contributed by atoms with E-state index in [-0.39, 0.29) is 0 Å². The quantitative estimate of drug-likeness (QED) is 0.726. The lowest BCUT2D eigenvalue weighted by Crippen LogP contribution is -1.90. The average molecular weight is 178 g/mol. The molecule has 2 heterocycles. The highest BCUT2D eigenvalue weighted by Crippen LogP contribution is 2.27. The van der Waals surface area contributed by atoms with Crippen molar-refractivity contribution in [2.24, 2.45) is 0 Å². The van der Waals surface area contributed by atoms with Crippen molar-refractivity contribution in [3.8, 4) is 0 Å². The minimum absolute atomic E-state index is 1.06. The maximum Gasteiger partial charge on any atom is 0.0833 e. The second-order valence-electron chi connectivity index (χ2n) is 2.70. The SMILES string of the molecule is CNc1cc(C)nc2ccsc12. The molecule has 0 unspecified atom stereocenters. The summed E-state index contributed by atoms with van der Waals surface area (Å²) in [5.74, 6) is 0. The average Bonchev–Trinajstić information content (AvgIpc) is 2.50. The normalized spacial score (nSPS) is 10.5. The van der Waals surface area contributed by atoms with Crippen LogP contribution in [0.2, 0.25) is 0 Å². The van der Waals surface area contributed by atoms with Gasteiger partial charge in [-0.05, 0) is 24.4 Å². The van der Waals surface area contributed by atoms with Gasteiger partial charge in [-0.2, -0.15) is 0 Å². The molecule has 2 nitrogen and oxygen atoms in total. The third-order valence-electron chi connectivity index (χ3n) is 1.81. The standard InChI is InChI=1S/C9H10N2S/c1-6-5-8(10-2)9-7(11-6)3-4-12-9/h3-5H,1-2H3,(H,10,11). The van der Waals surface area contributed by atoms with Gasteiger partial charge in [-0.25, -0.2) is 0 Å². The molecule has 0 amide bonds. The highest BCUT2D eigenvalue weighted by atomic mass is 32.1. The third kappa shape index (κ3) is 1.06. The van der Waals surface area contributed by atoms with Crippen LogP contribution in [0.15, 0.2) is 17.5 Å². The van der Waals surface area contributed by atoms with Gasteiger partial charge < -0.3 is 5.32 Å². The molecule has 0 radical (unpaired) electrons. The molecule has 2 aromatic rings. The van der Waals surface area contributed by atoms with E-state index in [0.29, 0.717) is 0 Å². The molecule has 0 aliphatic rings. The van der Waals surface area contributed by atoms with E-state index in [2.05, 4.69) is 21.7 Å². The van der Waals surface area contributed by atoms with Crippen molar-refractivity contribution in [1.82, 2.24) is 4.98 Å². The lowest BCUT2D eigenvalue weighted by atomic mass is 10.3. The number of aromatic nitrogens is 1. The van der Waals surface area contributed by atoms with Crippen LogP contribution in [0.3, 0.4) is 0 Å². The molecule has 0 aliphatic carbocycles. The van der Waals surface area contributed by atoms with Gasteiger partial charge >= 0.3 is 0 Å². The molecule has 0 bridgehead atoms. The lowest BCUT2D eigenvalue weighted by Gasteiger charge is -2.02. The first-order valence-electron chi connectivity index (χ1n) is 3.84. The summed E-state index contributed by atoms with van der Waals surface area (Å²) in [6.45, 7) is 2.01. The Kier molecular flexibility index (Phi) is 1.73. The van der Waals surface area contributed by atoms with Gasteiger partial charge in [0.1, 0.15) is 0 Å². The fourth-order valence-corrected chi connectivity index (χ4v) is 2.13. The number of anilines is 1. The van der Waals surface area contributed by atoms with Crippen LogP contribution in [0.4, 0.5) is 5.69 Å². The number of pyridine rings is 1. The molecule has 0 fully saturated rings. The molecular weight excluding hydrogens is 168 g/mol. The van der Waals surface area contributed by atoms with Gasteiger partial charge in [0.2, 0.25) is 0 Å².